The fourth-order valence-electron chi connectivity index (χ4n) is 2.06. The van der Waals surface area contributed by atoms with Crippen LogP contribution in [-0.4, -0.2) is 60.7 Å². The molecule has 2 heterocycles. The molecule has 0 aromatic carbocycles. The SMILES string of the molecule is CNC(=O)c1ncc(N2CCN(C(=O)OC(C)(C)C)CC2)s1. The van der Waals surface area contributed by atoms with Gasteiger partial charge in [0.05, 0.1) is 6.20 Å². The number of hydrogen-bond donors (Lipinski definition) is 1. The van der Waals surface area contributed by atoms with E-state index in [2.05, 4.69) is 15.2 Å². The van der Waals surface area contributed by atoms with E-state index in [1.165, 1.54) is 11.3 Å². The van der Waals surface area contributed by atoms with Crippen molar-refractivity contribution in [1.29, 1.82) is 0 Å². The molecule has 8 heteroatoms. The molecule has 1 saturated heterocycles. The average Bonchev–Trinajstić information content (AvgIpc) is 2.94. The van der Waals surface area contributed by atoms with Gasteiger partial charge in [-0.2, -0.15) is 0 Å². The summed E-state index contributed by atoms with van der Waals surface area (Å²) in [7, 11) is 1.59. The summed E-state index contributed by atoms with van der Waals surface area (Å²) in [4.78, 5) is 31.5. The first-order valence-corrected chi connectivity index (χ1v) is 8.02. The third kappa shape index (κ3) is 4.09. The second-order valence-corrected chi connectivity index (χ2v) is 7.05. The largest absolute Gasteiger partial charge is 0.444 e. The van der Waals surface area contributed by atoms with E-state index >= 15 is 0 Å². The van der Waals surface area contributed by atoms with Gasteiger partial charge in [0.15, 0.2) is 5.01 Å². The van der Waals surface area contributed by atoms with Crippen molar-refractivity contribution in [1.82, 2.24) is 15.2 Å². The van der Waals surface area contributed by atoms with Crippen molar-refractivity contribution in [2.75, 3.05) is 38.1 Å². The fourth-order valence-corrected chi connectivity index (χ4v) is 2.97. The van der Waals surface area contributed by atoms with E-state index in [1.54, 1.807) is 18.1 Å². The topological polar surface area (TPSA) is 74.8 Å². The summed E-state index contributed by atoms with van der Waals surface area (Å²) in [5.41, 5.74) is -0.478. The second-order valence-electron chi connectivity index (χ2n) is 6.04. The van der Waals surface area contributed by atoms with Crippen molar-refractivity contribution < 1.29 is 14.3 Å². The molecule has 2 amide bonds. The summed E-state index contributed by atoms with van der Waals surface area (Å²) in [5.74, 6) is -0.177. The number of nitrogens with one attached hydrogen (secondary N) is 1. The second kappa shape index (κ2) is 6.51. The Bertz CT molecular complexity index is 545. The van der Waals surface area contributed by atoms with Gasteiger partial charge in [0, 0.05) is 33.2 Å². The minimum Gasteiger partial charge on any atom is -0.444 e. The number of carbonyl (C=O) groups excluding carboxylic acids is 2. The fraction of sp³-hybridized carbons (Fsp3) is 0.643. The van der Waals surface area contributed by atoms with Gasteiger partial charge >= 0.3 is 6.09 Å². The summed E-state index contributed by atoms with van der Waals surface area (Å²) >= 11 is 1.36. The molecule has 0 saturated carbocycles. The van der Waals surface area contributed by atoms with Gasteiger partial charge in [0.1, 0.15) is 10.6 Å². The molecule has 0 bridgehead atoms. The molecule has 0 atom stereocenters. The monoisotopic (exact) mass is 326 g/mol. The smallest absolute Gasteiger partial charge is 0.410 e. The molecule has 1 N–H and O–H groups in total. The van der Waals surface area contributed by atoms with Crippen molar-refractivity contribution in [2.24, 2.45) is 0 Å². The molecule has 0 radical (unpaired) electrons. The Labute approximate surface area is 134 Å². The normalized spacial score (nSPS) is 15.6. The maximum Gasteiger partial charge on any atom is 0.410 e. The number of anilines is 1. The summed E-state index contributed by atoms with van der Waals surface area (Å²) in [6.45, 7) is 8.18. The van der Waals surface area contributed by atoms with Gasteiger partial charge in [-0.05, 0) is 20.8 Å². The Morgan fingerprint density at radius 3 is 2.45 bits per heavy atom. The lowest BCUT2D eigenvalue weighted by Crippen LogP contribution is -2.49. The van der Waals surface area contributed by atoms with E-state index in [0.29, 0.717) is 31.2 Å². The van der Waals surface area contributed by atoms with Crippen LogP contribution in [0.4, 0.5) is 9.80 Å². The van der Waals surface area contributed by atoms with E-state index in [0.717, 1.165) is 5.00 Å². The molecule has 7 nitrogen and oxygen atoms in total. The molecule has 0 unspecified atom stereocenters. The van der Waals surface area contributed by atoms with Gasteiger partial charge in [-0.1, -0.05) is 11.3 Å². The first-order valence-electron chi connectivity index (χ1n) is 7.21. The van der Waals surface area contributed by atoms with Crippen LogP contribution < -0.4 is 10.2 Å². The lowest BCUT2D eigenvalue weighted by atomic mass is 10.2. The first kappa shape index (κ1) is 16.5. The zero-order valence-corrected chi connectivity index (χ0v) is 14.2. The zero-order chi connectivity index (χ0) is 16.3. The number of nitrogens with zero attached hydrogens (tertiary/aromatic N) is 3. The Morgan fingerprint density at radius 2 is 1.91 bits per heavy atom. The molecule has 22 heavy (non-hydrogen) atoms. The summed E-state index contributed by atoms with van der Waals surface area (Å²) in [5, 5.41) is 3.96. The highest BCUT2D eigenvalue weighted by molar-refractivity contribution is 7.17. The zero-order valence-electron chi connectivity index (χ0n) is 13.4. The van der Waals surface area contributed by atoms with Crippen LogP contribution in [-0.2, 0) is 4.74 Å². The van der Waals surface area contributed by atoms with Crippen LogP contribution in [0.15, 0.2) is 6.20 Å². The minimum absolute atomic E-state index is 0.177. The highest BCUT2D eigenvalue weighted by atomic mass is 32.1. The Morgan fingerprint density at radius 1 is 1.27 bits per heavy atom. The number of ether oxygens (including phenoxy) is 1. The van der Waals surface area contributed by atoms with Gasteiger partial charge in [-0.25, -0.2) is 9.78 Å². The van der Waals surface area contributed by atoms with Crippen LogP contribution in [0, 0.1) is 0 Å². The highest BCUT2D eigenvalue weighted by Crippen LogP contribution is 2.25. The van der Waals surface area contributed by atoms with Crippen LogP contribution in [0.2, 0.25) is 0 Å². The molecule has 1 aromatic heterocycles. The molecule has 1 aromatic rings. The predicted octanol–water partition coefficient (Wildman–Crippen LogP) is 1.56. The van der Waals surface area contributed by atoms with Crippen LogP contribution in [0.25, 0.3) is 0 Å². The molecule has 2 rings (SSSR count). The molecular formula is C14H22N4O3S. The lowest BCUT2D eigenvalue weighted by molar-refractivity contribution is 0.0241. The molecule has 122 valence electrons. The van der Waals surface area contributed by atoms with Crippen LogP contribution in [0.1, 0.15) is 30.6 Å². The van der Waals surface area contributed by atoms with Crippen molar-refractivity contribution in [2.45, 2.75) is 26.4 Å². The van der Waals surface area contributed by atoms with Crippen LogP contribution in [0.5, 0.6) is 0 Å². The Balaban J connectivity index is 1.91. The number of thiazole rings is 1. The van der Waals surface area contributed by atoms with Crippen molar-refractivity contribution >= 4 is 28.3 Å². The van der Waals surface area contributed by atoms with E-state index < -0.39 is 5.60 Å². The maximum atomic E-state index is 12.0. The molecule has 1 fully saturated rings. The third-order valence-corrected chi connectivity index (χ3v) is 4.21. The number of amides is 2. The number of carbonyl (C=O) groups is 2. The molecule has 0 spiro atoms. The Kier molecular flexibility index (Phi) is 4.90. The molecule has 1 aliphatic rings. The maximum absolute atomic E-state index is 12.0. The number of rotatable bonds is 2. The highest BCUT2D eigenvalue weighted by Gasteiger charge is 2.26. The van der Waals surface area contributed by atoms with E-state index in [-0.39, 0.29) is 12.0 Å². The first-order chi connectivity index (χ1) is 10.3. The predicted molar refractivity (Wildman–Crippen MR) is 85.5 cm³/mol. The van der Waals surface area contributed by atoms with Crippen molar-refractivity contribution in [3.8, 4) is 0 Å². The van der Waals surface area contributed by atoms with E-state index in [9.17, 15) is 9.59 Å². The Hall–Kier alpha value is -1.83. The lowest BCUT2D eigenvalue weighted by Gasteiger charge is -2.35. The average molecular weight is 326 g/mol. The van der Waals surface area contributed by atoms with Crippen LogP contribution >= 0.6 is 11.3 Å². The van der Waals surface area contributed by atoms with Gasteiger partial charge in [0.25, 0.3) is 5.91 Å². The minimum atomic E-state index is -0.478. The molecule has 0 aliphatic carbocycles. The van der Waals surface area contributed by atoms with E-state index in [4.69, 9.17) is 4.74 Å². The van der Waals surface area contributed by atoms with Gasteiger partial charge in [0.2, 0.25) is 0 Å². The van der Waals surface area contributed by atoms with Crippen LogP contribution in [0.3, 0.4) is 0 Å². The van der Waals surface area contributed by atoms with Crippen molar-refractivity contribution in [3.05, 3.63) is 11.2 Å². The number of piperazine rings is 1. The van der Waals surface area contributed by atoms with Crippen molar-refractivity contribution in [3.63, 3.8) is 0 Å². The number of aromatic nitrogens is 1. The standard InChI is InChI=1S/C14H22N4O3S/c1-14(2,3)21-13(20)18-7-5-17(6-8-18)10-9-16-12(22-10)11(19)15-4/h9H,5-8H2,1-4H3,(H,15,19). The van der Waals surface area contributed by atoms with Gasteiger partial charge in [-0.3, -0.25) is 4.79 Å². The third-order valence-electron chi connectivity index (χ3n) is 3.16. The summed E-state index contributed by atoms with van der Waals surface area (Å²) < 4.78 is 5.37. The van der Waals surface area contributed by atoms with Gasteiger partial charge in [-0.15, -0.1) is 0 Å². The molecule has 1 aliphatic heterocycles. The van der Waals surface area contributed by atoms with E-state index in [1.807, 2.05) is 20.8 Å². The summed E-state index contributed by atoms with van der Waals surface area (Å²) in [6, 6.07) is 0. The quantitative estimate of drug-likeness (QED) is 0.893. The molecular weight excluding hydrogens is 304 g/mol. The van der Waals surface area contributed by atoms with Gasteiger partial charge < -0.3 is 19.9 Å². The summed E-state index contributed by atoms with van der Waals surface area (Å²) in [6.07, 6.45) is 1.43. The number of hydrogen-bond acceptors (Lipinski definition) is 6.